The maximum atomic E-state index is 13.7. The molecule has 0 unspecified atom stereocenters. The van der Waals surface area contributed by atoms with E-state index in [0.717, 1.165) is 31.4 Å². The van der Waals surface area contributed by atoms with Crippen LogP contribution in [0.5, 0.6) is 0 Å². The molecule has 1 aliphatic carbocycles. The fraction of sp³-hybridized carbons (Fsp3) is 0.364. The minimum atomic E-state index is -0.576. The van der Waals surface area contributed by atoms with E-state index in [2.05, 4.69) is 24.3 Å². The topological polar surface area (TPSA) is 70.1 Å². The third-order valence-electron chi connectivity index (χ3n) is 6.17. The summed E-state index contributed by atoms with van der Waals surface area (Å²) in [5, 5.41) is 9.27. The summed E-state index contributed by atoms with van der Waals surface area (Å²) >= 11 is 0. The molecular formula is C22H23N3O. The Morgan fingerprint density at radius 1 is 1.23 bits per heavy atom. The molecule has 2 aliphatic rings. The van der Waals surface area contributed by atoms with E-state index in [0.29, 0.717) is 18.7 Å². The van der Waals surface area contributed by atoms with Gasteiger partial charge in [-0.25, -0.2) is 0 Å². The number of nitrogens with zero attached hydrogens (tertiary/aromatic N) is 2. The van der Waals surface area contributed by atoms with Crippen LogP contribution in [0.4, 0.5) is 0 Å². The standard InChI is InChI=1S/C22H23N3O/c23-13-16-4-3-7-19(12-16)22(10-8-20(22)14-24)21(26)25-11-9-17-5-1-2-6-18(17)15-25/h1-7,12,20H,8-11,14-15,24H2/t20-,22+/m0/s1. The molecule has 1 fully saturated rings. The van der Waals surface area contributed by atoms with E-state index in [4.69, 9.17) is 5.73 Å². The number of rotatable bonds is 3. The minimum Gasteiger partial charge on any atom is -0.337 e. The second kappa shape index (κ2) is 6.59. The van der Waals surface area contributed by atoms with Gasteiger partial charge in [0, 0.05) is 13.1 Å². The first-order valence-corrected chi connectivity index (χ1v) is 9.26. The SMILES string of the molecule is N#Cc1cccc([C@]2(C(=O)N3CCc4ccccc4C3)CC[C@H]2CN)c1. The molecule has 1 amide bonds. The summed E-state index contributed by atoms with van der Waals surface area (Å²) < 4.78 is 0. The number of carbonyl (C=O) groups is 1. The summed E-state index contributed by atoms with van der Waals surface area (Å²) in [4.78, 5) is 15.7. The quantitative estimate of drug-likeness (QED) is 0.930. The lowest BCUT2D eigenvalue weighted by Crippen LogP contribution is -2.59. The predicted molar refractivity (Wildman–Crippen MR) is 100 cm³/mol. The highest BCUT2D eigenvalue weighted by Crippen LogP contribution is 2.50. The normalized spacial score (nSPS) is 24.3. The van der Waals surface area contributed by atoms with Crippen molar-refractivity contribution in [2.24, 2.45) is 11.7 Å². The largest absolute Gasteiger partial charge is 0.337 e. The monoisotopic (exact) mass is 345 g/mol. The van der Waals surface area contributed by atoms with Crippen LogP contribution < -0.4 is 5.73 Å². The van der Waals surface area contributed by atoms with E-state index in [1.165, 1.54) is 11.1 Å². The fourth-order valence-electron chi connectivity index (χ4n) is 4.56. The molecule has 0 bridgehead atoms. The summed E-state index contributed by atoms with van der Waals surface area (Å²) in [6.45, 7) is 1.89. The fourth-order valence-corrected chi connectivity index (χ4v) is 4.56. The van der Waals surface area contributed by atoms with Gasteiger partial charge in [0.2, 0.25) is 5.91 Å². The van der Waals surface area contributed by atoms with Crippen molar-refractivity contribution in [1.29, 1.82) is 5.26 Å². The molecule has 0 saturated heterocycles. The van der Waals surface area contributed by atoms with Crippen LogP contribution >= 0.6 is 0 Å². The van der Waals surface area contributed by atoms with Crippen molar-refractivity contribution < 1.29 is 4.79 Å². The average Bonchev–Trinajstić information content (AvgIpc) is 2.67. The Bertz CT molecular complexity index is 883. The second-order valence-electron chi connectivity index (χ2n) is 7.38. The predicted octanol–water partition coefficient (Wildman–Crippen LogP) is 2.75. The summed E-state index contributed by atoms with van der Waals surface area (Å²) in [5.74, 6) is 0.310. The van der Waals surface area contributed by atoms with Crippen LogP contribution in [0.3, 0.4) is 0 Å². The Labute approximate surface area is 154 Å². The van der Waals surface area contributed by atoms with Crippen LogP contribution in [0.25, 0.3) is 0 Å². The molecule has 0 radical (unpaired) electrons. The zero-order chi connectivity index (χ0) is 18.1. The maximum Gasteiger partial charge on any atom is 0.233 e. The van der Waals surface area contributed by atoms with E-state index in [9.17, 15) is 10.1 Å². The highest BCUT2D eigenvalue weighted by molar-refractivity contribution is 5.90. The zero-order valence-electron chi connectivity index (χ0n) is 14.8. The smallest absolute Gasteiger partial charge is 0.233 e. The lowest BCUT2D eigenvalue weighted by atomic mass is 9.55. The van der Waals surface area contributed by atoms with E-state index >= 15 is 0 Å². The van der Waals surface area contributed by atoms with Gasteiger partial charge in [-0.1, -0.05) is 36.4 Å². The van der Waals surface area contributed by atoms with Crippen molar-refractivity contribution >= 4 is 5.91 Å². The van der Waals surface area contributed by atoms with Gasteiger partial charge in [-0.3, -0.25) is 4.79 Å². The first-order valence-electron chi connectivity index (χ1n) is 9.26. The number of amides is 1. The Kier molecular flexibility index (Phi) is 4.26. The molecule has 2 atom stereocenters. The van der Waals surface area contributed by atoms with Crippen LogP contribution in [0.15, 0.2) is 48.5 Å². The molecular weight excluding hydrogens is 322 g/mol. The first kappa shape index (κ1) is 16.8. The highest BCUT2D eigenvalue weighted by Gasteiger charge is 2.54. The van der Waals surface area contributed by atoms with Crippen molar-refractivity contribution in [2.75, 3.05) is 13.1 Å². The van der Waals surface area contributed by atoms with Gasteiger partial charge in [0.1, 0.15) is 0 Å². The molecule has 26 heavy (non-hydrogen) atoms. The average molecular weight is 345 g/mol. The van der Waals surface area contributed by atoms with E-state index < -0.39 is 5.41 Å². The molecule has 0 spiro atoms. The lowest BCUT2D eigenvalue weighted by Gasteiger charge is -2.51. The molecule has 0 aromatic heterocycles. The molecule has 2 aromatic carbocycles. The van der Waals surface area contributed by atoms with E-state index in [1.54, 1.807) is 6.07 Å². The Balaban J connectivity index is 1.70. The van der Waals surface area contributed by atoms with Crippen molar-refractivity contribution in [1.82, 2.24) is 4.90 Å². The molecule has 4 rings (SSSR count). The number of nitriles is 1. The molecule has 1 heterocycles. The molecule has 2 aromatic rings. The van der Waals surface area contributed by atoms with Crippen molar-refractivity contribution in [3.63, 3.8) is 0 Å². The minimum absolute atomic E-state index is 0.140. The lowest BCUT2D eigenvalue weighted by molar-refractivity contribution is -0.145. The van der Waals surface area contributed by atoms with Crippen molar-refractivity contribution in [2.45, 2.75) is 31.2 Å². The van der Waals surface area contributed by atoms with E-state index in [1.807, 2.05) is 29.2 Å². The molecule has 4 heteroatoms. The number of carbonyl (C=O) groups excluding carboxylic acids is 1. The summed E-state index contributed by atoms with van der Waals surface area (Å²) in [6.07, 6.45) is 2.66. The first-order chi connectivity index (χ1) is 12.7. The number of nitrogens with two attached hydrogens (primary N) is 1. The van der Waals surface area contributed by atoms with Crippen LogP contribution in [0.1, 0.15) is 35.1 Å². The Morgan fingerprint density at radius 3 is 2.73 bits per heavy atom. The molecule has 132 valence electrons. The summed E-state index contributed by atoms with van der Waals surface area (Å²) in [6, 6.07) is 18.1. The molecule has 2 N–H and O–H groups in total. The Hall–Kier alpha value is -2.64. The van der Waals surface area contributed by atoms with Gasteiger partial charge in [0.05, 0.1) is 17.0 Å². The number of benzene rings is 2. The Morgan fingerprint density at radius 2 is 2.04 bits per heavy atom. The van der Waals surface area contributed by atoms with Gasteiger partial charge in [0.25, 0.3) is 0 Å². The van der Waals surface area contributed by atoms with Gasteiger partial charge in [0.15, 0.2) is 0 Å². The molecule has 1 aliphatic heterocycles. The number of hydrogen-bond acceptors (Lipinski definition) is 3. The second-order valence-corrected chi connectivity index (χ2v) is 7.38. The molecule has 1 saturated carbocycles. The van der Waals surface area contributed by atoms with Crippen molar-refractivity contribution in [3.05, 3.63) is 70.8 Å². The van der Waals surface area contributed by atoms with Gasteiger partial charge >= 0.3 is 0 Å². The van der Waals surface area contributed by atoms with Crippen LogP contribution in [0.2, 0.25) is 0 Å². The third kappa shape index (κ3) is 2.51. The van der Waals surface area contributed by atoms with Gasteiger partial charge in [-0.05, 0) is 60.5 Å². The number of fused-ring (bicyclic) bond motifs is 1. The van der Waals surface area contributed by atoms with Gasteiger partial charge < -0.3 is 10.6 Å². The van der Waals surface area contributed by atoms with E-state index in [-0.39, 0.29) is 11.8 Å². The van der Waals surface area contributed by atoms with Gasteiger partial charge in [-0.2, -0.15) is 5.26 Å². The summed E-state index contributed by atoms with van der Waals surface area (Å²) in [5.41, 5.74) is 9.56. The third-order valence-corrected chi connectivity index (χ3v) is 6.17. The number of hydrogen-bond donors (Lipinski definition) is 1. The van der Waals surface area contributed by atoms with Crippen molar-refractivity contribution in [3.8, 4) is 6.07 Å². The van der Waals surface area contributed by atoms with Crippen LogP contribution in [-0.2, 0) is 23.2 Å². The van der Waals surface area contributed by atoms with Gasteiger partial charge in [-0.15, -0.1) is 0 Å². The van der Waals surface area contributed by atoms with Crippen LogP contribution in [-0.4, -0.2) is 23.9 Å². The molecule has 4 nitrogen and oxygen atoms in total. The van der Waals surface area contributed by atoms with Crippen LogP contribution in [0, 0.1) is 17.2 Å². The summed E-state index contributed by atoms with van der Waals surface area (Å²) in [7, 11) is 0. The maximum absolute atomic E-state index is 13.7. The highest BCUT2D eigenvalue weighted by atomic mass is 16.2. The zero-order valence-corrected chi connectivity index (χ0v) is 14.8.